The average Bonchev–Trinajstić information content (AvgIpc) is 3.01. The fourth-order valence-electron chi connectivity index (χ4n) is 3.02. The molecule has 1 aromatic rings. The molecule has 1 aromatic carbocycles. The van der Waals surface area contributed by atoms with E-state index in [1.54, 1.807) is 7.11 Å². The van der Waals surface area contributed by atoms with Gasteiger partial charge in [-0.15, -0.1) is 24.8 Å². The summed E-state index contributed by atoms with van der Waals surface area (Å²) >= 11 is 0. The number of halogens is 2. The number of hydrogen-bond acceptors (Lipinski definition) is 5. The average molecular weight is 381 g/mol. The normalized spacial score (nSPS) is 17.0. The molecule has 2 N–H and O–H groups in total. The summed E-state index contributed by atoms with van der Waals surface area (Å²) < 4.78 is 10.8. The Balaban J connectivity index is 0.00000264. The summed E-state index contributed by atoms with van der Waals surface area (Å²) in [5.74, 6) is 1.39. The molecular weight excluding hydrogens is 351 g/mol. The number of likely N-dealkylation sites (tertiary alicyclic amines) is 1. The van der Waals surface area contributed by atoms with Crippen molar-refractivity contribution in [3.8, 4) is 11.5 Å². The van der Waals surface area contributed by atoms with Crippen LogP contribution in [0.4, 0.5) is 0 Å². The van der Waals surface area contributed by atoms with Crippen molar-refractivity contribution < 1.29 is 14.6 Å². The molecule has 0 amide bonds. The van der Waals surface area contributed by atoms with Crippen LogP contribution >= 0.6 is 24.8 Å². The van der Waals surface area contributed by atoms with Crippen molar-refractivity contribution in [2.75, 3.05) is 40.0 Å². The van der Waals surface area contributed by atoms with Crippen LogP contribution in [0.25, 0.3) is 0 Å². The maximum absolute atomic E-state index is 8.83. The van der Waals surface area contributed by atoms with Gasteiger partial charge in [0.2, 0.25) is 0 Å². The van der Waals surface area contributed by atoms with Gasteiger partial charge in [0.15, 0.2) is 11.5 Å². The van der Waals surface area contributed by atoms with Crippen molar-refractivity contribution in [1.82, 2.24) is 10.2 Å². The number of aliphatic hydroxyl groups excluding tert-OH is 1. The van der Waals surface area contributed by atoms with Gasteiger partial charge in [-0.1, -0.05) is 13.0 Å². The number of benzene rings is 1. The Morgan fingerprint density at radius 1 is 1.29 bits per heavy atom. The monoisotopic (exact) mass is 380 g/mol. The van der Waals surface area contributed by atoms with Crippen LogP contribution in [0.15, 0.2) is 18.2 Å². The van der Waals surface area contributed by atoms with Crippen LogP contribution in [-0.4, -0.2) is 56.0 Å². The van der Waals surface area contributed by atoms with Crippen LogP contribution in [0.3, 0.4) is 0 Å². The SMILES string of the molecule is CCN1CCCC1CNCc1ccc(OCCO)c(OC)c1.Cl.Cl. The summed E-state index contributed by atoms with van der Waals surface area (Å²) in [5.41, 5.74) is 1.18. The van der Waals surface area contributed by atoms with Gasteiger partial charge in [0, 0.05) is 19.1 Å². The van der Waals surface area contributed by atoms with E-state index in [9.17, 15) is 0 Å². The van der Waals surface area contributed by atoms with Gasteiger partial charge >= 0.3 is 0 Å². The van der Waals surface area contributed by atoms with Crippen LogP contribution in [0.1, 0.15) is 25.3 Å². The maximum atomic E-state index is 8.83. The molecule has 0 saturated carbocycles. The van der Waals surface area contributed by atoms with E-state index in [1.165, 1.54) is 24.9 Å². The molecule has 7 heteroatoms. The zero-order valence-electron chi connectivity index (χ0n) is 14.5. The highest BCUT2D eigenvalue weighted by molar-refractivity contribution is 5.85. The summed E-state index contributed by atoms with van der Waals surface area (Å²) in [6.45, 7) is 6.73. The number of rotatable bonds is 9. The van der Waals surface area contributed by atoms with Crippen LogP contribution in [0, 0.1) is 0 Å². The molecule has 5 nitrogen and oxygen atoms in total. The lowest BCUT2D eigenvalue weighted by molar-refractivity contribution is 0.196. The number of ether oxygens (including phenoxy) is 2. The quantitative estimate of drug-likeness (QED) is 0.689. The first kappa shape index (κ1) is 23.3. The molecule has 0 aliphatic carbocycles. The van der Waals surface area contributed by atoms with Gasteiger partial charge in [-0.2, -0.15) is 0 Å². The molecule has 1 aliphatic heterocycles. The Hall–Kier alpha value is -0.720. The molecule has 1 atom stereocenters. The fraction of sp³-hybridized carbons (Fsp3) is 0.647. The number of methoxy groups -OCH3 is 1. The Labute approximate surface area is 157 Å². The van der Waals surface area contributed by atoms with E-state index >= 15 is 0 Å². The van der Waals surface area contributed by atoms with Crippen molar-refractivity contribution in [3.05, 3.63) is 23.8 Å². The lowest BCUT2D eigenvalue weighted by Crippen LogP contribution is -2.37. The van der Waals surface area contributed by atoms with Gasteiger partial charge in [-0.05, 0) is 43.6 Å². The van der Waals surface area contributed by atoms with E-state index in [2.05, 4.69) is 17.1 Å². The second-order valence-corrected chi connectivity index (χ2v) is 5.61. The highest BCUT2D eigenvalue weighted by Gasteiger charge is 2.22. The largest absolute Gasteiger partial charge is 0.493 e. The van der Waals surface area contributed by atoms with E-state index < -0.39 is 0 Å². The number of nitrogens with one attached hydrogen (secondary N) is 1. The van der Waals surface area contributed by atoms with E-state index in [-0.39, 0.29) is 38.0 Å². The zero-order valence-corrected chi connectivity index (χ0v) is 16.1. The Morgan fingerprint density at radius 2 is 2.08 bits per heavy atom. The Morgan fingerprint density at radius 3 is 2.75 bits per heavy atom. The highest BCUT2D eigenvalue weighted by atomic mass is 35.5. The van der Waals surface area contributed by atoms with E-state index in [1.807, 2.05) is 18.2 Å². The van der Waals surface area contributed by atoms with Crippen molar-refractivity contribution >= 4 is 24.8 Å². The first-order valence-electron chi connectivity index (χ1n) is 8.13. The first-order chi connectivity index (χ1) is 10.8. The lowest BCUT2D eigenvalue weighted by Gasteiger charge is -2.23. The molecule has 2 rings (SSSR count). The third-order valence-electron chi connectivity index (χ3n) is 4.19. The van der Waals surface area contributed by atoms with Crippen LogP contribution in [-0.2, 0) is 6.54 Å². The Kier molecular flexibility index (Phi) is 12.2. The number of hydrogen-bond donors (Lipinski definition) is 2. The van der Waals surface area contributed by atoms with Gasteiger partial charge in [-0.3, -0.25) is 4.90 Å². The van der Waals surface area contributed by atoms with Gasteiger partial charge in [0.05, 0.1) is 13.7 Å². The van der Waals surface area contributed by atoms with Crippen molar-refractivity contribution in [1.29, 1.82) is 0 Å². The van der Waals surface area contributed by atoms with Crippen LogP contribution in [0.2, 0.25) is 0 Å². The predicted octanol–water partition coefficient (Wildman–Crippen LogP) is 2.48. The second-order valence-electron chi connectivity index (χ2n) is 5.61. The minimum Gasteiger partial charge on any atom is -0.493 e. The molecule has 1 fully saturated rings. The van der Waals surface area contributed by atoms with E-state index in [0.717, 1.165) is 19.6 Å². The fourth-order valence-corrected chi connectivity index (χ4v) is 3.02. The minimum absolute atomic E-state index is 0. The van der Waals surface area contributed by atoms with Gasteiger partial charge < -0.3 is 19.9 Å². The molecule has 140 valence electrons. The highest BCUT2D eigenvalue weighted by Crippen LogP contribution is 2.28. The third kappa shape index (κ3) is 6.65. The molecule has 24 heavy (non-hydrogen) atoms. The molecule has 1 heterocycles. The Bertz CT molecular complexity index is 463. The summed E-state index contributed by atoms with van der Waals surface area (Å²) in [6.07, 6.45) is 2.60. The molecular formula is C17H30Cl2N2O3. The minimum atomic E-state index is 0. The summed E-state index contributed by atoms with van der Waals surface area (Å²) in [5, 5.41) is 12.4. The van der Waals surface area contributed by atoms with Crippen LogP contribution < -0.4 is 14.8 Å². The van der Waals surface area contributed by atoms with Gasteiger partial charge in [-0.25, -0.2) is 0 Å². The van der Waals surface area contributed by atoms with Gasteiger partial charge in [0.1, 0.15) is 6.61 Å². The summed E-state index contributed by atoms with van der Waals surface area (Å²) in [7, 11) is 1.63. The lowest BCUT2D eigenvalue weighted by atomic mass is 10.2. The smallest absolute Gasteiger partial charge is 0.161 e. The molecule has 0 bridgehead atoms. The number of aliphatic hydroxyl groups is 1. The predicted molar refractivity (Wildman–Crippen MR) is 102 cm³/mol. The topological polar surface area (TPSA) is 54.0 Å². The molecule has 1 unspecified atom stereocenters. The standard InChI is InChI=1S/C17H28N2O3.2ClH/c1-3-19-8-4-5-15(19)13-18-12-14-6-7-16(22-10-9-20)17(11-14)21-2;;/h6-7,11,15,18,20H,3-5,8-10,12-13H2,1-2H3;2*1H. The third-order valence-corrected chi connectivity index (χ3v) is 4.19. The summed E-state index contributed by atoms with van der Waals surface area (Å²) in [6, 6.07) is 6.60. The molecule has 0 spiro atoms. The second kappa shape index (κ2) is 12.6. The van der Waals surface area contributed by atoms with E-state index in [4.69, 9.17) is 14.6 Å². The zero-order chi connectivity index (χ0) is 15.8. The molecule has 1 saturated heterocycles. The van der Waals surface area contributed by atoms with E-state index in [0.29, 0.717) is 17.5 Å². The molecule has 0 radical (unpaired) electrons. The molecule has 0 aromatic heterocycles. The van der Waals surface area contributed by atoms with Gasteiger partial charge in [0.25, 0.3) is 0 Å². The van der Waals surface area contributed by atoms with Crippen molar-refractivity contribution in [3.63, 3.8) is 0 Å². The number of likely N-dealkylation sites (N-methyl/N-ethyl adjacent to an activating group) is 1. The van der Waals surface area contributed by atoms with Crippen molar-refractivity contribution in [2.45, 2.75) is 32.4 Å². The summed E-state index contributed by atoms with van der Waals surface area (Å²) in [4.78, 5) is 2.54. The first-order valence-corrected chi connectivity index (χ1v) is 8.13. The number of nitrogens with zero attached hydrogens (tertiary/aromatic N) is 1. The van der Waals surface area contributed by atoms with Crippen LogP contribution in [0.5, 0.6) is 11.5 Å². The maximum Gasteiger partial charge on any atom is 0.161 e. The van der Waals surface area contributed by atoms with Crippen molar-refractivity contribution in [2.24, 2.45) is 0 Å². The molecule has 1 aliphatic rings.